The molecule has 3 heteroatoms. The highest BCUT2D eigenvalue weighted by Gasteiger charge is 2.14. The van der Waals surface area contributed by atoms with E-state index in [-0.39, 0.29) is 5.02 Å². The van der Waals surface area contributed by atoms with Crippen LogP contribution < -0.4 is 0 Å². The molecule has 0 heterocycles. The molecule has 0 amide bonds. The Bertz CT molecular complexity index is 765. The zero-order chi connectivity index (χ0) is 14.1. The largest absolute Gasteiger partial charge is 0.384 e. The SMILES string of the molecule is OC(c1ccc(F)c(Cl)c1)c1cccc2ccccc12. The summed E-state index contributed by atoms with van der Waals surface area (Å²) in [5.41, 5.74) is 1.36. The maximum atomic E-state index is 13.2. The molecule has 0 bridgehead atoms. The molecule has 0 aliphatic heterocycles. The van der Waals surface area contributed by atoms with Gasteiger partial charge in [-0.1, -0.05) is 60.1 Å². The summed E-state index contributed by atoms with van der Waals surface area (Å²) in [6.45, 7) is 0. The minimum Gasteiger partial charge on any atom is -0.384 e. The van der Waals surface area contributed by atoms with E-state index < -0.39 is 11.9 Å². The number of halogens is 2. The molecule has 0 fully saturated rings. The molecule has 3 aromatic rings. The average molecular weight is 287 g/mol. The van der Waals surface area contributed by atoms with Crippen LogP contribution in [0, 0.1) is 5.82 Å². The van der Waals surface area contributed by atoms with Gasteiger partial charge in [-0.25, -0.2) is 4.39 Å². The first-order chi connectivity index (χ1) is 9.66. The number of hydrogen-bond donors (Lipinski definition) is 1. The van der Waals surface area contributed by atoms with Crippen molar-refractivity contribution in [3.05, 3.63) is 82.6 Å². The van der Waals surface area contributed by atoms with Gasteiger partial charge in [-0.2, -0.15) is 0 Å². The van der Waals surface area contributed by atoms with E-state index in [0.29, 0.717) is 5.56 Å². The zero-order valence-electron chi connectivity index (χ0n) is 10.6. The minimum absolute atomic E-state index is 0.0155. The highest BCUT2D eigenvalue weighted by Crippen LogP contribution is 2.30. The van der Waals surface area contributed by atoms with Crippen LogP contribution in [0.3, 0.4) is 0 Å². The molecule has 100 valence electrons. The summed E-state index contributed by atoms with van der Waals surface area (Å²) >= 11 is 5.78. The number of rotatable bonds is 2. The quantitative estimate of drug-likeness (QED) is 0.723. The van der Waals surface area contributed by atoms with Gasteiger partial charge in [0.15, 0.2) is 0 Å². The maximum absolute atomic E-state index is 13.2. The Morgan fingerprint density at radius 2 is 1.70 bits per heavy atom. The van der Waals surface area contributed by atoms with Crippen LogP contribution in [-0.4, -0.2) is 5.11 Å². The topological polar surface area (TPSA) is 20.2 Å². The number of hydrogen-bond acceptors (Lipinski definition) is 1. The number of aliphatic hydroxyl groups is 1. The van der Waals surface area contributed by atoms with Gasteiger partial charge in [-0.3, -0.25) is 0 Å². The fraction of sp³-hybridized carbons (Fsp3) is 0.0588. The fourth-order valence-electron chi connectivity index (χ4n) is 2.35. The Morgan fingerprint density at radius 3 is 2.50 bits per heavy atom. The average Bonchev–Trinajstić information content (AvgIpc) is 2.49. The number of aliphatic hydroxyl groups excluding tert-OH is 1. The van der Waals surface area contributed by atoms with Crippen LogP contribution in [0.25, 0.3) is 10.8 Å². The summed E-state index contributed by atoms with van der Waals surface area (Å²) in [6.07, 6.45) is -0.834. The van der Waals surface area contributed by atoms with Crippen molar-refractivity contribution in [1.29, 1.82) is 0 Å². The third-order valence-electron chi connectivity index (χ3n) is 3.38. The first kappa shape index (κ1) is 13.1. The van der Waals surface area contributed by atoms with E-state index in [4.69, 9.17) is 11.6 Å². The summed E-state index contributed by atoms with van der Waals surface area (Å²) in [5.74, 6) is -0.486. The zero-order valence-corrected chi connectivity index (χ0v) is 11.3. The molecule has 1 atom stereocenters. The van der Waals surface area contributed by atoms with E-state index in [1.165, 1.54) is 12.1 Å². The lowest BCUT2D eigenvalue weighted by atomic mass is 9.96. The van der Waals surface area contributed by atoms with E-state index in [0.717, 1.165) is 16.3 Å². The standard InChI is InChI=1S/C17H12ClFO/c18-15-10-12(8-9-16(15)19)17(20)14-7-3-5-11-4-1-2-6-13(11)14/h1-10,17,20H. The van der Waals surface area contributed by atoms with Gasteiger partial charge in [-0.15, -0.1) is 0 Å². The van der Waals surface area contributed by atoms with Crippen LogP contribution >= 0.6 is 11.6 Å². The summed E-state index contributed by atoms with van der Waals surface area (Å²) in [5, 5.41) is 12.6. The lowest BCUT2D eigenvalue weighted by molar-refractivity contribution is 0.222. The van der Waals surface area contributed by atoms with E-state index in [2.05, 4.69) is 0 Å². The third-order valence-corrected chi connectivity index (χ3v) is 3.67. The van der Waals surface area contributed by atoms with Gasteiger partial charge in [0.1, 0.15) is 11.9 Å². The smallest absolute Gasteiger partial charge is 0.141 e. The van der Waals surface area contributed by atoms with Crippen LogP contribution in [0.15, 0.2) is 60.7 Å². The molecule has 0 saturated heterocycles. The van der Waals surface area contributed by atoms with Crippen molar-refractivity contribution in [3.8, 4) is 0 Å². The highest BCUT2D eigenvalue weighted by molar-refractivity contribution is 6.30. The Balaban J connectivity index is 2.12. The van der Waals surface area contributed by atoms with Crippen molar-refractivity contribution < 1.29 is 9.50 Å². The van der Waals surface area contributed by atoms with Crippen LogP contribution in [0.4, 0.5) is 4.39 Å². The van der Waals surface area contributed by atoms with Crippen molar-refractivity contribution in [2.24, 2.45) is 0 Å². The summed E-state index contributed by atoms with van der Waals surface area (Å²) in [7, 11) is 0. The van der Waals surface area contributed by atoms with Crippen molar-refractivity contribution in [2.45, 2.75) is 6.10 Å². The molecule has 20 heavy (non-hydrogen) atoms. The normalized spacial score (nSPS) is 12.6. The number of fused-ring (bicyclic) bond motifs is 1. The van der Waals surface area contributed by atoms with Crippen molar-refractivity contribution in [2.75, 3.05) is 0 Å². The lowest BCUT2D eigenvalue weighted by Crippen LogP contribution is -2.01. The molecule has 0 aliphatic rings. The first-order valence-corrected chi connectivity index (χ1v) is 6.65. The van der Waals surface area contributed by atoms with Crippen LogP contribution in [0.2, 0.25) is 5.02 Å². The van der Waals surface area contributed by atoms with Gasteiger partial charge >= 0.3 is 0 Å². The van der Waals surface area contributed by atoms with Gasteiger partial charge in [0.2, 0.25) is 0 Å². The molecular weight excluding hydrogens is 275 g/mol. The second-order valence-electron chi connectivity index (χ2n) is 4.64. The van der Waals surface area contributed by atoms with Gasteiger partial charge < -0.3 is 5.11 Å². The molecule has 0 spiro atoms. The third kappa shape index (κ3) is 2.28. The van der Waals surface area contributed by atoms with Crippen LogP contribution in [0.5, 0.6) is 0 Å². The molecule has 0 aromatic heterocycles. The molecule has 3 rings (SSSR count). The minimum atomic E-state index is -0.834. The Kier molecular flexibility index (Phi) is 3.43. The second-order valence-corrected chi connectivity index (χ2v) is 5.05. The summed E-state index contributed by atoms with van der Waals surface area (Å²) in [4.78, 5) is 0. The molecule has 0 aliphatic carbocycles. The van der Waals surface area contributed by atoms with E-state index in [9.17, 15) is 9.50 Å². The fourth-order valence-corrected chi connectivity index (χ4v) is 2.54. The van der Waals surface area contributed by atoms with E-state index in [1.54, 1.807) is 6.07 Å². The van der Waals surface area contributed by atoms with Crippen molar-refractivity contribution in [3.63, 3.8) is 0 Å². The van der Waals surface area contributed by atoms with Crippen molar-refractivity contribution >= 4 is 22.4 Å². The molecule has 1 unspecified atom stereocenters. The summed E-state index contributed by atoms with van der Waals surface area (Å²) in [6, 6.07) is 17.9. The predicted molar refractivity (Wildman–Crippen MR) is 79.4 cm³/mol. The molecule has 1 N–H and O–H groups in total. The van der Waals surface area contributed by atoms with Gasteiger partial charge in [-0.05, 0) is 34.0 Å². The van der Waals surface area contributed by atoms with Crippen LogP contribution in [-0.2, 0) is 0 Å². The van der Waals surface area contributed by atoms with Crippen LogP contribution in [0.1, 0.15) is 17.2 Å². The van der Waals surface area contributed by atoms with Crippen molar-refractivity contribution in [1.82, 2.24) is 0 Å². The Hall–Kier alpha value is -1.90. The van der Waals surface area contributed by atoms with Gasteiger partial charge in [0.05, 0.1) is 5.02 Å². The summed E-state index contributed by atoms with van der Waals surface area (Å²) < 4.78 is 13.2. The molecule has 3 aromatic carbocycles. The Morgan fingerprint density at radius 1 is 0.950 bits per heavy atom. The van der Waals surface area contributed by atoms with Gasteiger partial charge in [0.25, 0.3) is 0 Å². The van der Waals surface area contributed by atoms with Gasteiger partial charge in [0, 0.05) is 0 Å². The Labute approximate surface area is 121 Å². The monoisotopic (exact) mass is 286 g/mol. The lowest BCUT2D eigenvalue weighted by Gasteiger charge is -2.14. The second kappa shape index (κ2) is 5.23. The molecule has 1 nitrogen and oxygen atoms in total. The molecule has 0 radical (unpaired) electrons. The number of benzene rings is 3. The van der Waals surface area contributed by atoms with E-state index >= 15 is 0 Å². The highest BCUT2D eigenvalue weighted by atomic mass is 35.5. The molecule has 0 saturated carbocycles. The first-order valence-electron chi connectivity index (χ1n) is 6.27. The maximum Gasteiger partial charge on any atom is 0.141 e. The van der Waals surface area contributed by atoms with E-state index in [1.807, 2.05) is 42.5 Å². The predicted octanol–water partition coefficient (Wildman–Crippen LogP) is 4.71. The molecular formula is C17H12ClFO.